The van der Waals surface area contributed by atoms with Crippen LogP contribution < -0.4 is 5.73 Å². The SMILES string of the molecule is NCc1cccc(S(=O)(=O)CCSc2ccc(Br)cn2)c1. The first-order chi connectivity index (χ1) is 10.0. The highest BCUT2D eigenvalue weighted by molar-refractivity contribution is 9.10. The van der Waals surface area contributed by atoms with E-state index < -0.39 is 9.84 Å². The molecule has 4 nitrogen and oxygen atoms in total. The minimum absolute atomic E-state index is 0.0729. The lowest BCUT2D eigenvalue weighted by Gasteiger charge is -2.06. The Balaban J connectivity index is 1.99. The number of aromatic nitrogens is 1. The smallest absolute Gasteiger partial charge is 0.179 e. The zero-order chi connectivity index (χ0) is 15.3. The summed E-state index contributed by atoms with van der Waals surface area (Å²) in [6.45, 7) is 0.334. The van der Waals surface area contributed by atoms with Gasteiger partial charge in [-0.25, -0.2) is 13.4 Å². The summed E-state index contributed by atoms with van der Waals surface area (Å²) in [4.78, 5) is 4.53. The van der Waals surface area contributed by atoms with E-state index in [0.29, 0.717) is 17.2 Å². The number of nitrogens with two attached hydrogens (primary N) is 1. The van der Waals surface area contributed by atoms with Crippen LogP contribution in [0.2, 0.25) is 0 Å². The molecule has 0 aliphatic carbocycles. The molecule has 1 aromatic heterocycles. The number of thioether (sulfide) groups is 1. The lowest BCUT2D eigenvalue weighted by molar-refractivity contribution is 0.597. The van der Waals surface area contributed by atoms with E-state index in [2.05, 4.69) is 20.9 Å². The quantitative estimate of drug-likeness (QED) is 0.772. The second kappa shape index (κ2) is 7.40. The van der Waals surface area contributed by atoms with Gasteiger partial charge in [-0.05, 0) is 45.8 Å². The Labute approximate surface area is 137 Å². The van der Waals surface area contributed by atoms with Crippen LogP contribution in [0.1, 0.15) is 5.56 Å². The molecule has 7 heteroatoms. The van der Waals surface area contributed by atoms with Gasteiger partial charge < -0.3 is 5.73 Å². The van der Waals surface area contributed by atoms with Gasteiger partial charge in [-0.2, -0.15) is 0 Å². The minimum atomic E-state index is -3.28. The Morgan fingerprint density at radius 2 is 2.05 bits per heavy atom. The van der Waals surface area contributed by atoms with Gasteiger partial charge in [0.1, 0.15) is 0 Å². The maximum absolute atomic E-state index is 12.3. The summed E-state index contributed by atoms with van der Waals surface area (Å²) < 4.78 is 25.4. The number of hydrogen-bond acceptors (Lipinski definition) is 5. The third-order valence-corrected chi connectivity index (χ3v) is 6.18. The van der Waals surface area contributed by atoms with Gasteiger partial charge in [0.05, 0.1) is 15.7 Å². The fourth-order valence-electron chi connectivity index (χ4n) is 1.69. The van der Waals surface area contributed by atoms with Crippen LogP contribution in [-0.2, 0) is 16.4 Å². The largest absolute Gasteiger partial charge is 0.326 e. The highest BCUT2D eigenvalue weighted by Gasteiger charge is 2.14. The van der Waals surface area contributed by atoms with Crippen LogP contribution in [0.15, 0.2) is 57.0 Å². The summed E-state index contributed by atoms with van der Waals surface area (Å²) in [7, 11) is -3.28. The fraction of sp³-hybridized carbons (Fsp3) is 0.214. The molecule has 2 N–H and O–H groups in total. The summed E-state index contributed by atoms with van der Waals surface area (Å²) in [6.07, 6.45) is 1.70. The number of sulfone groups is 1. The van der Waals surface area contributed by atoms with Crippen molar-refractivity contribution in [3.05, 3.63) is 52.6 Å². The molecular weight excluding hydrogens is 372 g/mol. The van der Waals surface area contributed by atoms with E-state index in [1.54, 1.807) is 24.4 Å². The highest BCUT2D eigenvalue weighted by Crippen LogP contribution is 2.20. The molecule has 0 radical (unpaired) electrons. The molecule has 0 atom stereocenters. The van der Waals surface area contributed by atoms with Crippen molar-refractivity contribution in [2.45, 2.75) is 16.5 Å². The third-order valence-electron chi connectivity index (χ3n) is 2.80. The topological polar surface area (TPSA) is 73.1 Å². The average molecular weight is 387 g/mol. The monoisotopic (exact) mass is 386 g/mol. The molecule has 0 aliphatic heterocycles. The molecule has 0 saturated heterocycles. The summed E-state index contributed by atoms with van der Waals surface area (Å²) in [6, 6.07) is 10.5. The van der Waals surface area contributed by atoms with E-state index >= 15 is 0 Å². The lowest BCUT2D eigenvalue weighted by atomic mass is 10.2. The number of benzene rings is 1. The standard InChI is InChI=1S/C14H15BrN2O2S2/c15-12-4-5-14(17-10-12)20-6-7-21(18,19)13-3-1-2-11(8-13)9-16/h1-5,8,10H,6-7,9,16H2. The van der Waals surface area contributed by atoms with E-state index in [-0.39, 0.29) is 5.75 Å². The number of nitrogens with zero attached hydrogens (tertiary/aromatic N) is 1. The van der Waals surface area contributed by atoms with Crippen LogP contribution in [-0.4, -0.2) is 24.9 Å². The van der Waals surface area contributed by atoms with E-state index in [1.165, 1.54) is 11.8 Å². The van der Waals surface area contributed by atoms with Crippen molar-refractivity contribution in [3.8, 4) is 0 Å². The van der Waals surface area contributed by atoms with Crippen LogP contribution in [0.5, 0.6) is 0 Å². The molecule has 0 bridgehead atoms. The van der Waals surface area contributed by atoms with E-state index in [4.69, 9.17) is 5.73 Å². The van der Waals surface area contributed by atoms with Gasteiger partial charge in [0.25, 0.3) is 0 Å². The highest BCUT2D eigenvalue weighted by atomic mass is 79.9. The van der Waals surface area contributed by atoms with Crippen molar-refractivity contribution in [1.82, 2.24) is 4.98 Å². The first kappa shape index (κ1) is 16.5. The van der Waals surface area contributed by atoms with Crippen molar-refractivity contribution >= 4 is 37.5 Å². The van der Waals surface area contributed by atoms with Crippen molar-refractivity contribution in [3.63, 3.8) is 0 Å². The average Bonchev–Trinajstić information content (AvgIpc) is 2.49. The van der Waals surface area contributed by atoms with Crippen molar-refractivity contribution < 1.29 is 8.42 Å². The molecule has 0 saturated carbocycles. The molecular formula is C14H15BrN2O2S2. The zero-order valence-corrected chi connectivity index (χ0v) is 14.4. The molecule has 0 aliphatic rings. The second-order valence-corrected chi connectivity index (χ2v) is 8.47. The van der Waals surface area contributed by atoms with Crippen LogP contribution in [0.25, 0.3) is 0 Å². The Bertz CT molecular complexity index is 703. The Morgan fingerprint density at radius 1 is 1.24 bits per heavy atom. The number of halogens is 1. The second-order valence-electron chi connectivity index (χ2n) is 4.33. The first-order valence-electron chi connectivity index (χ1n) is 6.27. The van der Waals surface area contributed by atoms with Gasteiger partial charge in [-0.3, -0.25) is 0 Å². The Kier molecular flexibility index (Phi) is 5.80. The number of pyridine rings is 1. The fourth-order valence-corrected chi connectivity index (χ4v) is 4.49. The first-order valence-corrected chi connectivity index (χ1v) is 9.70. The maximum atomic E-state index is 12.3. The van der Waals surface area contributed by atoms with Crippen LogP contribution in [0.4, 0.5) is 0 Å². The van der Waals surface area contributed by atoms with E-state index in [0.717, 1.165) is 15.1 Å². The minimum Gasteiger partial charge on any atom is -0.326 e. The number of rotatable bonds is 6. The van der Waals surface area contributed by atoms with Crippen molar-refractivity contribution in [1.29, 1.82) is 0 Å². The van der Waals surface area contributed by atoms with Gasteiger partial charge in [0.2, 0.25) is 0 Å². The van der Waals surface area contributed by atoms with Gasteiger partial charge in [-0.1, -0.05) is 12.1 Å². The van der Waals surface area contributed by atoms with E-state index in [9.17, 15) is 8.42 Å². The van der Waals surface area contributed by atoms with Crippen LogP contribution >= 0.6 is 27.7 Å². The van der Waals surface area contributed by atoms with E-state index in [1.807, 2.05) is 18.2 Å². The molecule has 1 aromatic carbocycles. The summed E-state index contributed by atoms with van der Waals surface area (Å²) in [5.41, 5.74) is 6.36. The molecule has 1 heterocycles. The molecule has 2 aromatic rings. The van der Waals surface area contributed by atoms with Crippen molar-refractivity contribution in [2.24, 2.45) is 5.73 Å². The molecule has 0 fully saturated rings. The molecule has 0 unspecified atom stereocenters. The van der Waals surface area contributed by atoms with Gasteiger partial charge >= 0.3 is 0 Å². The molecule has 112 valence electrons. The molecule has 2 rings (SSSR count). The molecule has 0 spiro atoms. The summed E-state index contributed by atoms with van der Waals surface area (Å²) in [5.74, 6) is 0.535. The Morgan fingerprint density at radius 3 is 2.71 bits per heavy atom. The summed E-state index contributed by atoms with van der Waals surface area (Å²) >= 11 is 4.74. The van der Waals surface area contributed by atoms with Crippen molar-refractivity contribution in [2.75, 3.05) is 11.5 Å². The summed E-state index contributed by atoms with van der Waals surface area (Å²) in [5, 5.41) is 0.809. The predicted molar refractivity (Wildman–Crippen MR) is 89.0 cm³/mol. The number of hydrogen-bond donors (Lipinski definition) is 1. The maximum Gasteiger partial charge on any atom is 0.179 e. The van der Waals surface area contributed by atoms with Gasteiger partial charge in [0, 0.05) is 23.0 Å². The zero-order valence-electron chi connectivity index (χ0n) is 11.2. The van der Waals surface area contributed by atoms with Crippen LogP contribution in [0, 0.1) is 0 Å². The lowest BCUT2D eigenvalue weighted by Crippen LogP contribution is -2.10. The van der Waals surface area contributed by atoms with Crippen LogP contribution in [0.3, 0.4) is 0 Å². The third kappa shape index (κ3) is 4.81. The predicted octanol–water partition coefficient (Wildman–Crippen LogP) is 2.87. The van der Waals surface area contributed by atoms with Gasteiger partial charge in [0.15, 0.2) is 9.84 Å². The normalized spacial score (nSPS) is 11.5. The van der Waals surface area contributed by atoms with Gasteiger partial charge in [-0.15, -0.1) is 11.8 Å². The Hall–Kier alpha value is -0.890. The molecule has 21 heavy (non-hydrogen) atoms. The molecule has 0 amide bonds.